The molecule has 0 saturated heterocycles. The standard InChI is InChI=1S/C8H4F4N2O4/c9-3-1(7(15)13-17)4(10)6(12)2(5(3)11)8(16)14-18/h17-18H,(H,13,15)(H,14,16). The van der Waals surface area contributed by atoms with Crippen molar-refractivity contribution in [2.75, 3.05) is 0 Å². The van der Waals surface area contributed by atoms with Gasteiger partial charge in [-0.2, -0.15) is 0 Å². The first kappa shape index (κ1) is 13.9. The Morgan fingerprint density at radius 3 is 1.11 bits per heavy atom. The number of amides is 2. The van der Waals surface area contributed by atoms with E-state index in [1.165, 1.54) is 0 Å². The Balaban J connectivity index is 3.66. The van der Waals surface area contributed by atoms with Gasteiger partial charge in [0.2, 0.25) is 0 Å². The molecule has 0 saturated carbocycles. The molecule has 0 aliphatic rings. The Morgan fingerprint density at radius 1 is 0.722 bits per heavy atom. The van der Waals surface area contributed by atoms with Gasteiger partial charge in [-0.25, -0.2) is 28.5 Å². The van der Waals surface area contributed by atoms with Gasteiger partial charge in [0, 0.05) is 0 Å². The summed E-state index contributed by atoms with van der Waals surface area (Å²) in [5, 5.41) is 16.3. The highest BCUT2D eigenvalue weighted by atomic mass is 19.2. The van der Waals surface area contributed by atoms with E-state index in [4.69, 9.17) is 10.4 Å². The Labute approximate surface area is 95.7 Å². The van der Waals surface area contributed by atoms with Crippen molar-refractivity contribution >= 4 is 11.8 Å². The van der Waals surface area contributed by atoms with Gasteiger partial charge < -0.3 is 0 Å². The van der Waals surface area contributed by atoms with Gasteiger partial charge in [-0.3, -0.25) is 20.0 Å². The fourth-order valence-electron chi connectivity index (χ4n) is 1.14. The summed E-state index contributed by atoms with van der Waals surface area (Å²) < 4.78 is 52.9. The lowest BCUT2D eigenvalue weighted by Crippen LogP contribution is -2.27. The van der Waals surface area contributed by atoms with Crippen LogP contribution < -0.4 is 11.0 Å². The van der Waals surface area contributed by atoms with Crippen molar-refractivity contribution in [3.63, 3.8) is 0 Å². The summed E-state index contributed by atoms with van der Waals surface area (Å²) in [6, 6.07) is 0. The molecule has 2 amide bonds. The molecule has 10 heteroatoms. The van der Waals surface area contributed by atoms with Crippen molar-refractivity contribution in [2.24, 2.45) is 0 Å². The first-order valence-corrected chi connectivity index (χ1v) is 4.11. The maximum absolute atomic E-state index is 13.2. The van der Waals surface area contributed by atoms with Crippen molar-refractivity contribution < 1.29 is 37.6 Å². The minimum absolute atomic E-state index is 0.778. The van der Waals surface area contributed by atoms with Crippen molar-refractivity contribution in [3.8, 4) is 0 Å². The molecule has 98 valence electrons. The number of hydrogen-bond acceptors (Lipinski definition) is 4. The van der Waals surface area contributed by atoms with E-state index in [0.717, 1.165) is 11.0 Å². The first-order chi connectivity index (χ1) is 8.36. The van der Waals surface area contributed by atoms with Crippen LogP contribution in [0.2, 0.25) is 0 Å². The second-order valence-electron chi connectivity index (χ2n) is 2.89. The van der Waals surface area contributed by atoms with Crippen LogP contribution in [-0.2, 0) is 0 Å². The van der Waals surface area contributed by atoms with Crippen LogP contribution in [0.4, 0.5) is 17.6 Å². The van der Waals surface area contributed by atoms with Gasteiger partial charge in [0.1, 0.15) is 11.1 Å². The molecule has 0 spiro atoms. The third-order valence-electron chi connectivity index (χ3n) is 1.92. The van der Waals surface area contributed by atoms with Gasteiger partial charge in [-0.1, -0.05) is 0 Å². The van der Waals surface area contributed by atoms with Gasteiger partial charge in [0.15, 0.2) is 23.3 Å². The van der Waals surface area contributed by atoms with Crippen LogP contribution in [0.3, 0.4) is 0 Å². The third kappa shape index (κ3) is 1.98. The lowest BCUT2D eigenvalue weighted by Gasteiger charge is -2.09. The van der Waals surface area contributed by atoms with E-state index < -0.39 is 46.2 Å². The molecule has 0 heterocycles. The lowest BCUT2D eigenvalue weighted by molar-refractivity contribution is 0.0677. The number of carbonyl (C=O) groups excluding carboxylic acids is 2. The van der Waals surface area contributed by atoms with Crippen LogP contribution in [-0.4, -0.2) is 22.2 Å². The van der Waals surface area contributed by atoms with Crippen molar-refractivity contribution in [2.45, 2.75) is 0 Å². The fraction of sp³-hybridized carbons (Fsp3) is 0. The molecule has 0 unspecified atom stereocenters. The predicted octanol–water partition coefficient (Wildman–Crippen LogP) is 0.481. The molecule has 1 rings (SSSR count). The second-order valence-corrected chi connectivity index (χ2v) is 2.89. The zero-order chi connectivity index (χ0) is 14.0. The van der Waals surface area contributed by atoms with E-state index in [-0.39, 0.29) is 0 Å². The minimum Gasteiger partial charge on any atom is -0.288 e. The van der Waals surface area contributed by atoms with E-state index >= 15 is 0 Å². The van der Waals surface area contributed by atoms with Crippen molar-refractivity contribution in [3.05, 3.63) is 34.4 Å². The highest BCUT2D eigenvalue weighted by Gasteiger charge is 2.32. The van der Waals surface area contributed by atoms with Gasteiger partial charge in [0.25, 0.3) is 11.8 Å². The van der Waals surface area contributed by atoms with Gasteiger partial charge in [0.05, 0.1) is 0 Å². The van der Waals surface area contributed by atoms with E-state index in [0.29, 0.717) is 0 Å². The SMILES string of the molecule is O=C(NO)c1c(F)c(F)c(C(=O)NO)c(F)c1F. The quantitative estimate of drug-likeness (QED) is 0.271. The Hall–Kier alpha value is -2.20. The van der Waals surface area contributed by atoms with Crippen LogP contribution in [0.1, 0.15) is 20.7 Å². The van der Waals surface area contributed by atoms with E-state index in [2.05, 4.69) is 0 Å². The number of nitrogens with one attached hydrogen (secondary N) is 2. The summed E-state index contributed by atoms with van der Waals surface area (Å²) in [7, 11) is 0. The molecule has 0 aliphatic carbocycles. The number of hydroxylamine groups is 2. The summed E-state index contributed by atoms with van der Waals surface area (Å²) in [6.45, 7) is 0. The molecule has 18 heavy (non-hydrogen) atoms. The average molecular weight is 268 g/mol. The number of halogens is 4. The zero-order valence-corrected chi connectivity index (χ0v) is 8.22. The van der Waals surface area contributed by atoms with E-state index in [1.807, 2.05) is 0 Å². The van der Waals surface area contributed by atoms with Crippen LogP contribution in [0, 0.1) is 23.3 Å². The molecule has 6 nitrogen and oxygen atoms in total. The summed E-state index contributed by atoms with van der Waals surface area (Å²) in [5.74, 6) is -12.5. The van der Waals surface area contributed by atoms with Gasteiger partial charge in [-0.05, 0) is 0 Å². The number of hydrogen-bond donors (Lipinski definition) is 4. The summed E-state index contributed by atoms with van der Waals surface area (Å²) >= 11 is 0. The van der Waals surface area contributed by atoms with Crippen LogP contribution in [0.15, 0.2) is 0 Å². The largest absolute Gasteiger partial charge is 0.288 e. The predicted molar refractivity (Wildman–Crippen MR) is 44.8 cm³/mol. The molecule has 0 aromatic heterocycles. The highest BCUT2D eigenvalue weighted by Crippen LogP contribution is 2.24. The smallest absolute Gasteiger partial charge is 0.280 e. The summed E-state index contributed by atoms with van der Waals surface area (Å²) in [5.41, 5.74) is -1.94. The number of carbonyl (C=O) groups is 2. The van der Waals surface area contributed by atoms with Gasteiger partial charge >= 0.3 is 0 Å². The monoisotopic (exact) mass is 268 g/mol. The summed E-state index contributed by atoms with van der Waals surface area (Å²) in [6.07, 6.45) is 0. The van der Waals surface area contributed by atoms with Crippen LogP contribution in [0.25, 0.3) is 0 Å². The second kappa shape index (κ2) is 4.98. The molecular formula is C8H4F4N2O4. The maximum Gasteiger partial charge on any atom is 0.280 e. The normalized spacial score (nSPS) is 10.1. The molecule has 4 N–H and O–H groups in total. The molecule has 0 radical (unpaired) electrons. The zero-order valence-electron chi connectivity index (χ0n) is 8.22. The van der Waals surface area contributed by atoms with Gasteiger partial charge in [-0.15, -0.1) is 0 Å². The topological polar surface area (TPSA) is 98.7 Å². The maximum atomic E-state index is 13.2. The Kier molecular flexibility index (Phi) is 3.83. The number of rotatable bonds is 2. The first-order valence-electron chi connectivity index (χ1n) is 4.11. The molecule has 0 bridgehead atoms. The van der Waals surface area contributed by atoms with Crippen molar-refractivity contribution in [1.29, 1.82) is 0 Å². The molecule has 0 fully saturated rings. The fourth-order valence-corrected chi connectivity index (χ4v) is 1.14. The van der Waals surface area contributed by atoms with Crippen LogP contribution in [0.5, 0.6) is 0 Å². The highest BCUT2D eigenvalue weighted by molar-refractivity contribution is 5.98. The minimum atomic E-state index is -2.20. The number of benzene rings is 1. The third-order valence-corrected chi connectivity index (χ3v) is 1.92. The van der Waals surface area contributed by atoms with Crippen LogP contribution >= 0.6 is 0 Å². The molecule has 0 atom stereocenters. The molecule has 1 aromatic carbocycles. The van der Waals surface area contributed by atoms with E-state index in [1.54, 1.807) is 0 Å². The molecule has 1 aromatic rings. The Morgan fingerprint density at radius 2 is 0.944 bits per heavy atom. The lowest BCUT2D eigenvalue weighted by atomic mass is 10.1. The average Bonchev–Trinajstić information content (AvgIpc) is 2.36. The van der Waals surface area contributed by atoms with Crippen molar-refractivity contribution in [1.82, 2.24) is 11.0 Å². The summed E-state index contributed by atoms with van der Waals surface area (Å²) in [4.78, 5) is 21.6. The Bertz CT molecular complexity index is 458. The van der Waals surface area contributed by atoms with E-state index in [9.17, 15) is 27.2 Å². The molecular weight excluding hydrogens is 264 g/mol. The molecule has 0 aliphatic heterocycles.